The van der Waals surface area contributed by atoms with E-state index in [2.05, 4.69) is 15.5 Å². The van der Waals surface area contributed by atoms with E-state index in [-0.39, 0.29) is 18.4 Å². The molecule has 8 nitrogen and oxygen atoms in total. The molecule has 1 aromatic rings. The van der Waals surface area contributed by atoms with Gasteiger partial charge in [0.15, 0.2) is 0 Å². The van der Waals surface area contributed by atoms with Crippen molar-refractivity contribution in [3.63, 3.8) is 0 Å². The quantitative estimate of drug-likeness (QED) is 0.662. The molecule has 8 heteroatoms. The molecule has 0 aliphatic carbocycles. The van der Waals surface area contributed by atoms with Gasteiger partial charge in [0.05, 0.1) is 6.07 Å². The Morgan fingerprint density at radius 2 is 1.79 bits per heavy atom. The van der Waals surface area contributed by atoms with Crippen molar-refractivity contribution in [1.29, 1.82) is 5.26 Å². The second-order valence-corrected chi connectivity index (χ2v) is 7.71. The minimum Gasteiger partial charge on any atom is -0.341 e. The smallest absolute Gasteiger partial charge is 0.253 e. The minimum absolute atomic E-state index is 0.0988. The maximum atomic E-state index is 12.8. The fourth-order valence-electron chi connectivity index (χ4n) is 3.18. The van der Waals surface area contributed by atoms with Gasteiger partial charge in [-0.05, 0) is 37.6 Å². The molecule has 2 rings (SSSR count). The number of nitrogens with zero attached hydrogens (tertiary/aromatic N) is 3. The Bertz CT molecular complexity index is 779. The normalized spacial score (nSPS) is 15.5. The number of likely N-dealkylation sites (N-methyl/N-ethyl adjacent to an activating group) is 1. The first-order valence-corrected chi connectivity index (χ1v) is 9.85. The highest BCUT2D eigenvalue weighted by molar-refractivity contribution is 6.01. The second-order valence-electron chi connectivity index (χ2n) is 7.71. The Morgan fingerprint density at radius 3 is 2.41 bits per heavy atom. The predicted molar refractivity (Wildman–Crippen MR) is 109 cm³/mol. The lowest BCUT2D eigenvalue weighted by atomic mass is 10.0. The topological polar surface area (TPSA) is 106 Å². The molecular formula is C21H29N5O3. The minimum atomic E-state index is -0.743. The van der Waals surface area contributed by atoms with E-state index < -0.39 is 17.9 Å². The Morgan fingerprint density at radius 1 is 1.14 bits per heavy atom. The first-order valence-electron chi connectivity index (χ1n) is 9.85. The number of hydrogen-bond acceptors (Lipinski definition) is 5. The van der Waals surface area contributed by atoms with Crippen LogP contribution in [0.15, 0.2) is 24.3 Å². The van der Waals surface area contributed by atoms with Crippen molar-refractivity contribution in [1.82, 2.24) is 20.4 Å². The number of benzene rings is 1. The molecule has 1 aliphatic heterocycles. The lowest BCUT2D eigenvalue weighted by Gasteiger charge is -2.32. The molecule has 0 bridgehead atoms. The number of carbonyl (C=O) groups is 3. The zero-order chi connectivity index (χ0) is 21.4. The van der Waals surface area contributed by atoms with Crippen molar-refractivity contribution in [3.8, 4) is 6.07 Å². The van der Waals surface area contributed by atoms with Gasteiger partial charge in [0, 0.05) is 37.3 Å². The Balaban J connectivity index is 2.09. The summed E-state index contributed by atoms with van der Waals surface area (Å²) in [5.41, 5.74) is 0.781. The lowest BCUT2D eigenvalue weighted by molar-refractivity contribution is -0.123. The van der Waals surface area contributed by atoms with E-state index in [0.29, 0.717) is 30.6 Å². The summed E-state index contributed by atoms with van der Waals surface area (Å²) in [4.78, 5) is 41.7. The zero-order valence-electron chi connectivity index (χ0n) is 17.3. The summed E-state index contributed by atoms with van der Waals surface area (Å²) in [6.45, 7) is 6.74. The van der Waals surface area contributed by atoms with Crippen LogP contribution in [0, 0.1) is 17.2 Å². The molecule has 0 aromatic heterocycles. The van der Waals surface area contributed by atoms with Crippen LogP contribution in [0.2, 0.25) is 0 Å². The third kappa shape index (κ3) is 6.57. The van der Waals surface area contributed by atoms with Crippen molar-refractivity contribution < 1.29 is 14.4 Å². The van der Waals surface area contributed by atoms with Crippen LogP contribution in [0.25, 0.3) is 0 Å². The van der Waals surface area contributed by atoms with E-state index in [1.807, 2.05) is 27.0 Å². The highest BCUT2D eigenvalue weighted by Gasteiger charge is 2.24. The highest BCUT2D eigenvalue weighted by Crippen LogP contribution is 2.12. The van der Waals surface area contributed by atoms with Gasteiger partial charge in [0.1, 0.15) is 12.6 Å². The van der Waals surface area contributed by atoms with Crippen molar-refractivity contribution in [2.45, 2.75) is 26.3 Å². The maximum Gasteiger partial charge on any atom is 0.253 e. The summed E-state index contributed by atoms with van der Waals surface area (Å²) in [5.74, 6) is -0.731. The molecule has 1 unspecified atom stereocenters. The van der Waals surface area contributed by atoms with Crippen LogP contribution in [0.3, 0.4) is 0 Å². The van der Waals surface area contributed by atoms with Crippen molar-refractivity contribution in [2.75, 3.05) is 39.8 Å². The van der Waals surface area contributed by atoms with Crippen LogP contribution in [-0.4, -0.2) is 73.3 Å². The first-order chi connectivity index (χ1) is 13.8. The van der Waals surface area contributed by atoms with Crippen LogP contribution in [0.1, 0.15) is 41.0 Å². The number of piperazine rings is 1. The second kappa shape index (κ2) is 10.6. The van der Waals surface area contributed by atoms with Gasteiger partial charge in [-0.15, -0.1) is 0 Å². The highest BCUT2D eigenvalue weighted by atomic mass is 16.2. The molecule has 1 heterocycles. The van der Waals surface area contributed by atoms with Gasteiger partial charge < -0.3 is 20.4 Å². The molecule has 1 atom stereocenters. The average molecular weight is 399 g/mol. The number of hydrogen-bond donors (Lipinski definition) is 2. The largest absolute Gasteiger partial charge is 0.341 e. The van der Waals surface area contributed by atoms with E-state index in [0.717, 1.165) is 13.1 Å². The Labute approximate surface area is 171 Å². The van der Waals surface area contributed by atoms with Crippen LogP contribution in [0.5, 0.6) is 0 Å². The molecule has 1 fully saturated rings. The fourth-order valence-corrected chi connectivity index (χ4v) is 3.18. The number of carbonyl (C=O) groups excluding carboxylic acids is 3. The first kappa shape index (κ1) is 22.4. The number of rotatable bonds is 7. The van der Waals surface area contributed by atoms with E-state index in [1.54, 1.807) is 29.2 Å². The summed E-state index contributed by atoms with van der Waals surface area (Å²) >= 11 is 0. The number of nitrogens with one attached hydrogen (secondary N) is 2. The van der Waals surface area contributed by atoms with Gasteiger partial charge in [0.2, 0.25) is 5.91 Å². The lowest BCUT2D eigenvalue weighted by Crippen LogP contribution is -2.48. The number of nitriles is 1. The average Bonchev–Trinajstić information content (AvgIpc) is 2.71. The zero-order valence-corrected chi connectivity index (χ0v) is 17.3. The SMILES string of the molecule is CC(C)CC(NC(=O)c1cccc(C(=O)N2CCN(C)CC2)c1)C(=O)NCC#N. The molecule has 156 valence electrons. The summed E-state index contributed by atoms with van der Waals surface area (Å²) < 4.78 is 0. The van der Waals surface area contributed by atoms with E-state index in [1.165, 1.54) is 0 Å². The van der Waals surface area contributed by atoms with Crippen LogP contribution in [0.4, 0.5) is 0 Å². The summed E-state index contributed by atoms with van der Waals surface area (Å²) in [5, 5.41) is 13.9. The number of amides is 3. The maximum absolute atomic E-state index is 12.8. The van der Waals surface area contributed by atoms with Gasteiger partial charge in [0.25, 0.3) is 11.8 Å². The van der Waals surface area contributed by atoms with Gasteiger partial charge in [-0.1, -0.05) is 19.9 Å². The molecular weight excluding hydrogens is 370 g/mol. The summed E-state index contributed by atoms with van der Waals surface area (Å²) in [6, 6.07) is 7.67. The molecule has 1 saturated heterocycles. The summed E-state index contributed by atoms with van der Waals surface area (Å²) in [6.07, 6.45) is 0.447. The van der Waals surface area contributed by atoms with E-state index >= 15 is 0 Å². The van der Waals surface area contributed by atoms with E-state index in [4.69, 9.17) is 5.26 Å². The molecule has 3 amide bonds. The Hall–Kier alpha value is -2.92. The molecule has 1 aliphatic rings. The molecule has 2 N–H and O–H groups in total. The van der Waals surface area contributed by atoms with Gasteiger partial charge in [-0.2, -0.15) is 5.26 Å². The van der Waals surface area contributed by atoms with Crippen molar-refractivity contribution in [2.24, 2.45) is 5.92 Å². The standard InChI is InChI=1S/C21H29N5O3/c1-15(2)13-18(20(28)23-8-7-22)24-19(27)16-5-4-6-17(14-16)21(29)26-11-9-25(3)10-12-26/h4-6,14-15,18H,8-13H2,1-3H3,(H,23,28)(H,24,27). The monoisotopic (exact) mass is 399 g/mol. The molecule has 0 spiro atoms. The fraction of sp³-hybridized carbons (Fsp3) is 0.524. The van der Waals surface area contributed by atoms with Crippen LogP contribution < -0.4 is 10.6 Å². The molecule has 1 aromatic carbocycles. The van der Waals surface area contributed by atoms with Gasteiger partial charge in [-0.25, -0.2) is 0 Å². The predicted octanol–water partition coefficient (Wildman–Crippen LogP) is 0.858. The van der Waals surface area contributed by atoms with Gasteiger partial charge >= 0.3 is 0 Å². The molecule has 0 saturated carbocycles. The van der Waals surface area contributed by atoms with Crippen LogP contribution >= 0.6 is 0 Å². The van der Waals surface area contributed by atoms with E-state index in [9.17, 15) is 14.4 Å². The third-order valence-corrected chi connectivity index (χ3v) is 4.83. The van der Waals surface area contributed by atoms with Crippen LogP contribution in [-0.2, 0) is 4.79 Å². The summed E-state index contributed by atoms with van der Waals surface area (Å²) in [7, 11) is 2.02. The Kier molecular flexibility index (Phi) is 8.16. The van der Waals surface area contributed by atoms with Gasteiger partial charge in [-0.3, -0.25) is 14.4 Å². The van der Waals surface area contributed by atoms with Crippen molar-refractivity contribution in [3.05, 3.63) is 35.4 Å². The van der Waals surface area contributed by atoms with Crippen molar-refractivity contribution >= 4 is 17.7 Å². The molecule has 29 heavy (non-hydrogen) atoms. The third-order valence-electron chi connectivity index (χ3n) is 4.83. The molecule has 0 radical (unpaired) electrons.